The second-order valence-corrected chi connectivity index (χ2v) is 4.75. The molecule has 0 saturated carbocycles. The van der Waals surface area contributed by atoms with Crippen molar-refractivity contribution in [1.82, 2.24) is 9.97 Å². The molecule has 0 spiro atoms. The molecular weight excluding hydrogens is 293 g/mol. The van der Waals surface area contributed by atoms with E-state index in [1.165, 1.54) is 12.1 Å². The molecule has 1 heterocycles. The zero-order valence-electron chi connectivity index (χ0n) is 12.1. The third-order valence-electron chi connectivity index (χ3n) is 2.94. The molecule has 7 heteroatoms. The molecule has 0 saturated heterocycles. The van der Waals surface area contributed by atoms with Crippen molar-refractivity contribution in [2.24, 2.45) is 0 Å². The van der Waals surface area contributed by atoms with Gasteiger partial charge in [-0.2, -0.15) is 18.2 Å². The number of unbranched alkanes of at least 4 members (excludes halogenated alkanes) is 1. The normalized spacial score (nSPS) is 11.3. The standard InChI is InChI=1S/C15H17F3N4/c1-2-3-8-19-13-7-9-20-14(22-13)21-12-6-4-5-11(10-12)15(16,17)18/h4-7,9-10H,2-3,8H2,1H3,(H2,19,20,21,22). The number of nitrogens with zero attached hydrogens (tertiary/aromatic N) is 2. The van der Waals surface area contributed by atoms with Gasteiger partial charge in [-0.15, -0.1) is 0 Å². The monoisotopic (exact) mass is 310 g/mol. The van der Waals surface area contributed by atoms with Gasteiger partial charge in [-0.05, 0) is 30.7 Å². The van der Waals surface area contributed by atoms with Gasteiger partial charge in [0.15, 0.2) is 0 Å². The molecule has 0 fully saturated rings. The van der Waals surface area contributed by atoms with Crippen LogP contribution in [0.15, 0.2) is 36.5 Å². The number of aromatic nitrogens is 2. The molecule has 0 aliphatic heterocycles. The van der Waals surface area contributed by atoms with Crippen LogP contribution in [0.5, 0.6) is 0 Å². The van der Waals surface area contributed by atoms with Crippen LogP contribution in [-0.2, 0) is 6.18 Å². The number of halogens is 3. The van der Waals surface area contributed by atoms with E-state index in [2.05, 4.69) is 27.5 Å². The van der Waals surface area contributed by atoms with Crippen LogP contribution < -0.4 is 10.6 Å². The molecule has 1 aromatic heterocycles. The first-order chi connectivity index (χ1) is 10.5. The third-order valence-corrected chi connectivity index (χ3v) is 2.94. The third kappa shape index (κ3) is 4.61. The minimum atomic E-state index is -4.37. The van der Waals surface area contributed by atoms with E-state index in [-0.39, 0.29) is 5.95 Å². The van der Waals surface area contributed by atoms with Crippen molar-refractivity contribution in [2.75, 3.05) is 17.2 Å². The van der Waals surface area contributed by atoms with E-state index in [0.717, 1.165) is 31.5 Å². The first-order valence-electron chi connectivity index (χ1n) is 7.00. The molecule has 2 N–H and O–H groups in total. The van der Waals surface area contributed by atoms with Gasteiger partial charge in [0, 0.05) is 18.4 Å². The van der Waals surface area contributed by atoms with E-state index < -0.39 is 11.7 Å². The molecule has 0 amide bonds. The molecule has 0 atom stereocenters. The molecule has 0 bridgehead atoms. The summed E-state index contributed by atoms with van der Waals surface area (Å²) < 4.78 is 38.0. The fourth-order valence-electron chi connectivity index (χ4n) is 1.81. The number of anilines is 3. The Hall–Kier alpha value is -2.31. The van der Waals surface area contributed by atoms with E-state index in [1.807, 2.05) is 0 Å². The molecule has 4 nitrogen and oxygen atoms in total. The van der Waals surface area contributed by atoms with E-state index >= 15 is 0 Å². The molecular formula is C15H17F3N4. The Bertz CT molecular complexity index is 614. The Morgan fingerprint density at radius 2 is 2.00 bits per heavy atom. The molecule has 0 radical (unpaired) electrons. The lowest BCUT2D eigenvalue weighted by molar-refractivity contribution is -0.137. The van der Waals surface area contributed by atoms with Gasteiger partial charge in [-0.1, -0.05) is 19.4 Å². The number of alkyl halides is 3. The van der Waals surface area contributed by atoms with Crippen molar-refractivity contribution in [1.29, 1.82) is 0 Å². The van der Waals surface area contributed by atoms with Crippen LogP contribution in [0.25, 0.3) is 0 Å². The van der Waals surface area contributed by atoms with Crippen molar-refractivity contribution >= 4 is 17.5 Å². The van der Waals surface area contributed by atoms with E-state index in [4.69, 9.17) is 0 Å². The smallest absolute Gasteiger partial charge is 0.370 e. The van der Waals surface area contributed by atoms with Gasteiger partial charge < -0.3 is 10.6 Å². The fraction of sp³-hybridized carbons (Fsp3) is 0.333. The molecule has 22 heavy (non-hydrogen) atoms. The largest absolute Gasteiger partial charge is 0.416 e. The quantitative estimate of drug-likeness (QED) is 0.774. The van der Waals surface area contributed by atoms with Crippen molar-refractivity contribution < 1.29 is 13.2 Å². The Morgan fingerprint density at radius 3 is 2.73 bits per heavy atom. The molecule has 1 aromatic carbocycles. The van der Waals surface area contributed by atoms with Crippen molar-refractivity contribution in [3.63, 3.8) is 0 Å². The van der Waals surface area contributed by atoms with Gasteiger partial charge in [-0.25, -0.2) is 4.98 Å². The lowest BCUT2D eigenvalue weighted by Crippen LogP contribution is -2.07. The minimum Gasteiger partial charge on any atom is -0.370 e. The van der Waals surface area contributed by atoms with Gasteiger partial charge in [-0.3, -0.25) is 0 Å². The summed E-state index contributed by atoms with van der Waals surface area (Å²) in [6.45, 7) is 2.87. The van der Waals surface area contributed by atoms with E-state index in [0.29, 0.717) is 11.5 Å². The average molecular weight is 310 g/mol. The fourth-order valence-corrected chi connectivity index (χ4v) is 1.81. The molecule has 0 aliphatic rings. The number of benzene rings is 1. The van der Waals surface area contributed by atoms with Crippen LogP contribution in [0.1, 0.15) is 25.3 Å². The van der Waals surface area contributed by atoms with Crippen LogP contribution in [0.2, 0.25) is 0 Å². The van der Waals surface area contributed by atoms with Crippen molar-refractivity contribution in [3.8, 4) is 0 Å². The average Bonchev–Trinajstić information content (AvgIpc) is 2.47. The Morgan fingerprint density at radius 1 is 1.18 bits per heavy atom. The molecule has 2 aromatic rings. The van der Waals surface area contributed by atoms with Gasteiger partial charge >= 0.3 is 6.18 Å². The maximum atomic E-state index is 12.7. The number of rotatable bonds is 6. The predicted molar refractivity (Wildman–Crippen MR) is 80.2 cm³/mol. The van der Waals surface area contributed by atoms with Crippen LogP contribution >= 0.6 is 0 Å². The van der Waals surface area contributed by atoms with Crippen LogP contribution in [-0.4, -0.2) is 16.5 Å². The number of hydrogen-bond donors (Lipinski definition) is 2. The summed E-state index contributed by atoms with van der Waals surface area (Å²) in [5.74, 6) is 0.888. The number of hydrogen-bond acceptors (Lipinski definition) is 4. The van der Waals surface area contributed by atoms with Crippen LogP contribution in [0.4, 0.5) is 30.6 Å². The summed E-state index contributed by atoms with van der Waals surface area (Å²) in [5, 5.41) is 5.92. The predicted octanol–water partition coefficient (Wildman–Crippen LogP) is 4.45. The van der Waals surface area contributed by atoms with Gasteiger partial charge in [0.1, 0.15) is 5.82 Å². The van der Waals surface area contributed by atoms with Crippen LogP contribution in [0.3, 0.4) is 0 Å². The topological polar surface area (TPSA) is 49.8 Å². The highest BCUT2D eigenvalue weighted by molar-refractivity contribution is 5.56. The highest BCUT2D eigenvalue weighted by Gasteiger charge is 2.30. The van der Waals surface area contributed by atoms with Crippen molar-refractivity contribution in [3.05, 3.63) is 42.1 Å². The second kappa shape index (κ2) is 7.11. The summed E-state index contributed by atoms with van der Waals surface area (Å²) in [6.07, 6.45) is -0.743. The number of nitrogens with one attached hydrogen (secondary N) is 2. The van der Waals surface area contributed by atoms with Crippen LogP contribution in [0, 0.1) is 0 Å². The van der Waals surface area contributed by atoms with Gasteiger partial charge in [0.25, 0.3) is 0 Å². The molecule has 118 valence electrons. The Labute approximate surface area is 126 Å². The van der Waals surface area contributed by atoms with E-state index in [9.17, 15) is 13.2 Å². The molecule has 2 rings (SSSR count). The molecule has 0 aliphatic carbocycles. The zero-order valence-corrected chi connectivity index (χ0v) is 12.1. The second-order valence-electron chi connectivity index (χ2n) is 4.75. The lowest BCUT2D eigenvalue weighted by atomic mass is 10.2. The molecule has 0 unspecified atom stereocenters. The van der Waals surface area contributed by atoms with Gasteiger partial charge in [0.05, 0.1) is 5.56 Å². The maximum absolute atomic E-state index is 12.7. The summed E-state index contributed by atoms with van der Waals surface area (Å²) in [5.41, 5.74) is -0.421. The summed E-state index contributed by atoms with van der Waals surface area (Å²) in [7, 11) is 0. The SMILES string of the molecule is CCCCNc1ccnc(Nc2cccc(C(F)(F)F)c2)n1. The highest BCUT2D eigenvalue weighted by Crippen LogP contribution is 2.31. The maximum Gasteiger partial charge on any atom is 0.416 e. The first kappa shape index (κ1) is 16.1. The first-order valence-corrected chi connectivity index (χ1v) is 7.00. The minimum absolute atomic E-state index is 0.251. The van der Waals surface area contributed by atoms with Crippen molar-refractivity contribution in [2.45, 2.75) is 25.9 Å². The highest BCUT2D eigenvalue weighted by atomic mass is 19.4. The van der Waals surface area contributed by atoms with E-state index in [1.54, 1.807) is 12.3 Å². The van der Waals surface area contributed by atoms with Gasteiger partial charge in [0.2, 0.25) is 5.95 Å². The Kier molecular flexibility index (Phi) is 5.19. The summed E-state index contributed by atoms with van der Waals surface area (Å²) >= 11 is 0. The lowest BCUT2D eigenvalue weighted by Gasteiger charge is -2.10. The summed E-state index contributed by atoms with van der Waals surface area (Å²) in [6, 6.07) is 6.65. The zero-order chi connectivity index (χ0) is 16.0. The summed E-state index contributed by atoms with van der Waals surface area (Å²) in [4.78, 5) is 8.23. The Balaban J connectivity index is 2.09.